The minimum atomic E-state index is -0.692. The van der Waals surface area contributed by atoms with E-state index >= 15 is 0 Å². The summed E-state index contributed by atoms with van der Waals surface area (Å²) in [5, 5.41) is 2.73. The smallest absolute Gasteiger partial charge is 0.381 e. The number of hydrogen-bond donors (Lipinski definition) is 1. The van der Waals surface area contributed by atoms with Crippen molar-refractivity contribution in [3.8, 4) is 0 Å². The van der Waals surface area contributed by atoms with Gasteiger partial charge < -0.3 is 14.8 Å². The third-order valence-corrected chi connectivity index (χ3v) is 4.29. The van der Waals surface area contributed by atoms with Crippen LogP contribution >= 0.6 is 0 Å². The molecule has 1 aliphatic rings. The topological polar surface area (TPSA) is 84.9 Å². The summed E-state index contributed by atoms with van der Waals surface area (Å²) < 4.78 is 10.3. The molecule has 0 saturated carbocycles. The van der Waals surface area contributed by atoms with Crippen LogP contribution in [0.1, 0.15) is 44.6 Å². The summed E-state index contributed by atoms with van der Waals surface area (Å²) in [7, 11) is 0. The van der Waals surface area contributed by atoms with Crippen molar-refractivity contribution in [1.82, 2.24) is 5.32 Å². The molecule has 0 unspecified atom stereocenters. The predicted octanol–water partition coefficient (Wildman–Crippen LogP) is 2.82. The van der Waals surface area contributed by atoms with Gasteiger partial charge in [-0.25, -0.2) is 4.79 Å². The third kappa shape index (κ3) is 7.02. The lowest BCUT2D eigenvalue weighted by molar-refractivity contribution is -0.138. The molecule has 1 heterocycles. The Morgan fingerprint density at radius 1 is 1.11 bits per heavy atom. The van der Waals surface area contributed by atoms with Crippen molar-refractivity contribution in [3.05, 3.63) is 29.8 Å². The van der Waals surface area contributed by atoms with Gasteiger partial charge >= 0.3 is 12.1 Å². The van der Waals surface area contributed by atoms with E-state index in [1.807, 2.05) is 24.3 Å². The molecule has 1 aliphatic heterocycles. The van der Waals surface area contributed by atoms with Gasteiger partial charge in [-0.1, -0.05) is 31.5 Å². The first-order valence-corrected chi connectivity index (χ1v) is 9.56. The zero-order chi connectivity index (χ0) is 19.5. The fourth-order valence-corrected chi connectivity index (χ4v) is 2.79. The van der Waals surface area contributed by atoms with Gasteiger partial charge in [0.15, 0.2) is 0 Å². The molecular formula is C20H28N2O5. The van der Waals surface area contributed by atoms with Gasteiger partial charge in [-0.2, -0.15) is 0 Å². The number of amides is 2. The molecular weight excluding hydrogens is 348 g/mol. The number of hydrogen-bond acceptors (Lipinski definition) is 5. The number of fused-ring (bicyclic) bond motifs is 1. The lowest BCUT2D eigenvalue weighted by Crippen LogP contribution is -2.32. The van der Waals surface area contributed by atoms with Crippen molar-refractivity contribution in [1.29, 1.82) is 0 Å². The fourth-order valence-electron chi connectivity index (χ4n) is 2.79. The van der Waals surface area contributed by atoms with E-state index in [4.69, 9.17) is 9.47 Å². The maximum Gasteiger partial charge on any atom is 0.422 e. The number of esters is 1. The Bertz CT molecular complexity index is 647. The number of nitrogens with one attached hydrogen (secondary N) is 1. The van der Waals surface area contributed by atoms with Gasteiger partial charge in [-0.05, 0) is 30.9 Å². The first-order chi connectivity index (χ1) is 13.1. The van der Waals surface area contributed by atoms with Crippen LogP contribution in [0, 0.1) is 0 Å². The number of carbonyl (C=O) groups excluding carboxylic acids is 3. The monoisotopic (exact) mass is 376 g/mol. The molecule has 0 bridgehead atoms. The van der Waals surface area contributed by atoms with Crippen LogP contribution < -0.4 is 10.2 Å². The summed E-state index contributed by atoms with van der Waals surface area (Å²) in [4.78, 5) is 37.2. The first-order valence-electron chi connectivity index (χ1n) is 9.56. The highest BCUT2D eigenvalue weighted by Crippen LogP contribution is 2.27. The Morgan fingerprint density at radius 3 is 2.70 bits per heavy atom. The number of carbonyl (C=O) groups is 3. The molecule has 0 aromatic heterocycles. The Morgan fingerprint density at radius 2 is 1.89 bits per heavy atom. The minimum absolute atomic E-state index is 0.000603. The Labute approximate surface area is 160 Å². The van der Waals surface area contributed by atoms with Gasteiger partial charge in [0.1, 0.15) is 0 Å². The summed E-state index contributed by atoms with van der Waals surface area (Å²) in [6.07, 6.45) is 2.79. The molecule has 148 valence electrons. The molecule has 0 fully saturated rings. The summed E-state index contributed by atoms with van der Waals surface area (Å²) in [6.45, 7) is 4.45. The van der Waals surface area contributed by atoms with Crippen LogP contribution in [0.4, 0.5) is 10.5 Å². The molecule has 0 radical (unpaired) electrons. The fraction of sp³-hybridized carbons (Fsp3) is 0.550. The van der Waals surface area contributed by atoms with Crippen molar-refractivity contribution >= 4 is 23.7 Å². The average Bonchev–Trinajstić information content (AvgIpc) is 3.10. The highest BCUT2D eigenvalue weighted by molar-refractivity contribution is 5.97. The van der Waals surface area contributed by atoms with Crippen molar-refractivity contribution in [2.24, 2.45) is 0 Å². The number of benzene rings is 1. The quantitative estimate of drug-likeness (QED) is 0.386. The number of rotatable bonds is 10. The summed E-state index contributed by atoms with van der Waals surface area (Å²) >= 11 is 0. The molecule has 1 aromatic carbocycles. The van der Waals surface area contributed by atoms with Crippen LogP contribution in [0.3, 0.4) is 0 Å². The van der Waals surface area contributed by atoms with E-state index in [2.05, 4.69) is 12.2 Å². The third-order valence-electron chi connectivity index (χ3n) is 4.29. The Balaban J connectivity index is 1.59. The number of ether oxygens (including phenoxy) is 2. The Kier molecular flexibility index (Phi) is 8.77. The van der Waals surface area contributed by atoms with Crippen molar-refractivity contribution in [3.63, 3.8) is 0 Å². The second kappa shape index (κ2) is 11.3. The van der Waals surface area contributed by atoms with Crippen molar-refractivity contribution < 1.29 is 23.9 Å². The molecule has 2 rings (SSSR count). The van der Waals surface area contributed by atoms with Gasteiger partial charge in [0.25, 0.3) is 0 Å². The van der Waals surface area contributed by atoms with E-state index in [1.165, 1.54) is 4.90 Å². The van der Waals surface area contributed by atoms with Gasteiger partial charge in [-0.15, -0.1) is 0 Å². The van der Waals surface area contributed by atoms with E-state index in [1.54, 1.807) is 0 Å². The highest BCUT2D eigenvalue weighted by Gasteiger charge is 2.27. The zero-order valence-electron chi connectivity index (χ0n) is 15.9. The maximum absolute atomic E-state index is 12.2. The van der Waals surface area contributed by atoms with Crippen molar-refractivity contribution in [2.75, 3.05) is 31.2 Å². The molecule has 0 spiro atoms. The number of para-hydroxylation sites is 1. The lowest BCUT2D eigenvalue weighted by atomic mass is 10.2. The van der Waals surface area contributed by atoms with Crippen LogP contribution in [0.25, 0.3) is 0 Å². The average molecular weight is 376 g/mol. The van der Waals surface area contributed by atoms with Crippen LogP contribution in [-0.2, 0) is 25.5 Å². The molecule has 0 atom stereocenters. The molecule has 0 saturated heterocycles. The van der Waals surface area contributed by atoms with Gasteiger partial charge in [0.05, 0.1) is 12.1 Å². The van der Waals surface area contributed by atoms with Gasteiger partial charge in [0, 0.05) is 32.7 Å². The van der Waals surface area contributed by atoms with E-state index in [0.717, 1.165) is 43.5 Å². The van der Waals surface area contributed by atoms with Gasteiger partial charge in [0.2, 0.25) is 5.91 Å². The Hall–Kier alpha value is -2.41. The summed E-state index contributed by atoms with van der Waals surface area (Å²) in [5.41, 5.74) is 1.83. The number of nitrogens with zero attached hydrogens (tertiary/aromatic N) is 1. The molecule has 0 aliphatic carbocycles. The molecule has 27 heavy (non-hydrogen) atoms. The minimum Gasteiger partial charge on any atom is -0.381 e. The zero-order valence-corrected chi connectivity index (χ0v) is 15.9. The van der Waals surface area contributed by atoms with E-state index in [9.17, 15) is 14.4 Å². The molecule has 1 aromatic rings. The van der Waals surface area contributed by atoms with Gasteiger partial charge in [-0.3, -0.25) is 14.5 Å². The van der Waals surface area contributed by atoms with Crippen LogP contribution in [0.2, 0.25) is 0 Å². The lowest BCUT2D eigenvalue weighted by Gasteiger charge is -2.15. The first kappa shape index (κ1) is 20.9. The summed E-state index contributed by atoms with van der Waals surface area (Å²) in [6, 6.07) is 7.53. The van der Waals surface area contributed by atoms with E-state index < -0.39 is 12.1 Å². The predicted molar refractivity (Wildman–Crippen MR) is 102 cm³/mol. The van der Waals surface area contributed by atoms with Crippen LogP contribution in [-0.4, -0.2) is 44.3 Å². The molecule has 7 heteroatoms. The van der Waals surface area contributed by atoms with E-state index in [0.29, 0.717) is 19.7 Å². The summed E-state index contributed by atoms with van der Waals surface area (Å²) in [5.74, 6) is -0.929. The molecule has 7 nitrogen and oxygen atoms in total. The number of anilines is 1. The second-order valence-electron chi connectivity index (χ2n) is 6.44. The van der Waals surface area contributed by atoms with E-state index in [-0.39, 0.29) is 18.7 Å². The molecule has 2 amide bonds. The second-order valence-corrected chi connectivity index (χ2v) is 6.44. The SMILES string of the molecule is CCCCOCCCNC(=O)CCC(=O)OC(=O)N1CCc2ccccc21. The highest BCUT2D eigenvalue weighted by atomic mass is 16.6. The molecule has 1 N–H and O–H groups in total. The largest absolute Gasteiger partial charge is 0.422 e. The normalized spacial score (nSPS) is 12.6. The van der Waals surface area contributed by atoms with Crippen molar-refractivity contribution in [2.45, 2.75) is 45.4 Å². The van der Waals surface area contributed by atoms with Crippen LogP contribution in [0.5, 0.6) is 0 Å². The number of unbranched alkanes of at least 4 members (excludes halogenated alkanes) is 1. The van der Waals surface area contributed by atoms with Crippen LogP contribution in [0.15, 0.2) is 24.3 Å². The standard InChI is InChI=1S/C20H28N2O5/c1-2-3-14-26-15-6-12-21-18(23)9-10-19(24)27-20(25)22-13-11-16-7-4-5-8-17(16)22/h4-5,7-8H,2-3,6,9-15H2,1H3,(H,21,23). The maximum atomic E-state index is 12.2.